The Balaban J connectivity index is 3.07. The van der Waals surface area contributed by atoms with Gasteiger partial charge in [-0.3, -0.25) is 5.84 Å². The maximum atomic E-state index is 5.54. The number of allylic oxidation sites excluding steroid dienone is 1. The molecule has 0 fully saturated rings. The Kier molecular flexibility index (Phi) is 4.51. The Morgan fingerprint density at radius 3 is 2.53 bits per heavy atom. The molecule has 3 N–H and O–H groups in total. The van der Waals surface area contributed by atoms with Crippen LogP contribution in [0.25, 0.3) is 0 Å². The molecule has 0 aliphatic heterocycles. The van der Waals surface area contributed by atoms with E-state index >= 15 is 0 Å². The number of hydrazine groups is 1. The second kappa shape index (κ2) is 5.45. The lowest BCUT2D eigenvalue weighted by molar-refractivity contribution is 0.651. The summed E-state index contributed by atoms with van der Waals surface area (Å²) in [6.45, 7) is 6.20. The summed E-state index contributed by atoms with van der Waals surface area (Å²) >= 11 is 3.49. The second-order valence-corrected chi connectivity index (χ2v) is 4.87. The third kappa shape index (κ3) is 3.78. The van der Waals surface area contributed by atoms with Crippen molar-refractivity contribution < 1.29 is 0 Å². The Labute approximate surface area is 99.7 Å². The lowest BCUT2D eigenvalue weighted by Gasteiger charge is -2.14. The normalized spacial score (nSPS) is 12.3. The number of hydrogen-bond acceptors (Lipinski definition) is 2. The molecule has 1 rings (SSSR count). The van der Waals surface area contributed by atoms with Gasteiger partial charge in [0.2, 0.25) is 0 Å². The van der Waals surface area contributed by atoms with Crippen LogP contribution in [-0.2, 0) is 0 Å². The highest BCUT2D eigenvalue weighted by molar-refractivity contribution is 9.10. The summed E-state index contributed by atoms with van der Waals surface area (Å²) in [7, 11) is 0. The van der Waals surface area contributed by atoms with E-state index in [0.29, 0.717) is 0 Å². The van der Waals surface area contributed by atoms with E-state index in [2.05, 4.69) is 66.4 Å². The molecular weight excluding hydrogens is 252 g/mol. The van der Waals surface area contributed by atoms with Crippen LogP contribution >= 0.6 is 15.9 Å². The van der Waals surface area contributed by atoms with Crippen LogP contribution in [0.5, 0.6) is 0 Å². The highest BCUT2D eigenvalue weighted by Gasteiger charge is 2.07. The fraction of sp³-hybridized carbons (Fsp3) is 0.333. The van der Waals surface area contributed by atoms with Crippen LogP contribution in [0, 0.1) is 6.92 Å². The molecule has 0 spiro atoms. The summed E-state index contributed by atoms with van der Waals surface area (Å²) in [5.41, 5.74) is 6.45. The van der Waals surface area contributed by atoms with Gasteiger partial charge in [-0.15, -0.1) is 0 Å². The zero-order valence-electron chi connectivity index (χ0n) is 9.34. The fourth-order valence-corrected chi connectivity index (χ4v) is 2.14. The Morgan fingerprint density at radius 2 is 2.07 bits per heavy atom. The molecular formula is C12H17BrN2. The third-order valence-electron chi connectivity index (χ3n) is 2.10. The van der Waals surface area contributed by atoms with Gasteiger partial charge < -0.3 is 0 Å². The molecule has 0 bridgehead atoms. The number of nitrogens with two attached hydrogens (primary N) is 1. The zero-order valence-corrected chi connectivity index (χ0v) is 10.9. The van der Waals surface area contributed by atoms with E-state index < -0.39 is 0 Å². The topological polar surface area (TPSA) is 38.0 Å². The largest absolute Gasteiger partial charge is 0.271 e. The first-order valence-electron chi connectivity index (χ1n) is 4.91. The van der Waals surface area contributed by atoms with E-state index in [9.17, 15) is 0 Å². The lowest BCUT2D eigenvalue weighted by atomic mass is 10.0. The van der Waals surface area contributed by atoms with Gasteiger partial charge >= 0.3 is 0 Å². The summed E-state index contributed by atoms with van der Waals surface area (Å²) < 4.78 is 1.08. The SMILES string of the molecule is CC(C)=CC(NN)c1cc(C)cc(Br)c1. The summed E-state index contributed by atoms with van der Waals surface area (Å²) in [6, 6.07) is 6.37. The molecule has 0 aliphatic rings. The molecule has 2 nitrogen and oxygen atoms in total. The van der Waals surface area contributed by atoms with Crippen LogP contribution in [0.15, 0.2) is 34.3 Å². The molecule has 0 saturated carbocycles. The Morgan fingerprint density at radius 1 is 1.40 bits per heavy atom. The van der Waals surface area contributed by atoms with Crippen molar-refractivity contribution in [2.45, 2.75) is 26.8 Å². The number of rotatable bonds is 3. The van der Waals surface area contributed by atoms with Gasteiger partial charge in [-0.05, 0) is 44.0 Å². The molecule has 0 saturated heterocycles. The molecule has 0 aliphatic carbocycles. The van der Waals surface area contributed by atoms with Crippen molar-refractivity contribution in [2.75, 3.05) is 0 Å². The van der Waals surface area contributed by atoms with Crippen LogP contribution in [0.3, 0.4) is 0 Å². The van der Waals surface area contributed by atoms with Gasteiger partial charge in [0.1, 0.15) is 0 Å². The third-order valence-corrected chi connectivity index (χ3v) is 2.56. The first kappa shape index (κ1) is 12.4. The van der Waals surface area contributed by atoms with E-state index in [1.807, 2.05) is 0 Å². The van der Waals surface area contributed by atoms with Crippen molar-refractivity contribution >= 4 is 15.9 Å². The molecule has 1 aromatic rings. The highest BCUT2D eigenvalue weighted by atomic mass is 79.9. The fourth-order valence-electron chi connectivity index (χ4n) is 1.52. The van der Waals surface area contributed by atoms with Gasteiger partial charge in [0, 0.05) is 4.47 Å². The number of nitrogens with one attached hydrogen (secondary N) is 1. The molecule has 1 aromatic carbocycles. The van der Waals surface area contributed by atoms with Gasteiger partial charge in [-0.1, -0.05) is 33.6 Å². The quantitative estimate of drug-likeness (QED) is 0.502. The minimum atomic E-state index is 0.0752. The number of aryl methyl sites for hydroxylation is 1. The van der Waals surface area contributed by atoms with Crippen molar-refractivity contribution in [3.63, 3.8) is 0 Å². The average molecular weight is 269 g/mol. The minimum absolute atomic E-state index is 0.0752. The molecule has 0 amide bonds. The monoisotopic (exact) mass is 268 g/mol. The van der Waals surface area contributed by atoms with Crippen LogP contribution in [0.4, 0.5) is 0 Å². The molecule has 15 heavy (non-hydrogen) atoms. The van der Waals surface area contributed by atoms with Crippen molar-refractivity contribution in [1.82, 2.24) is 5.43 Å². The Bertz CT molecular complexity index is 348. The number of hydrogen-bond donors (Lipinski definition) is 2. The predicted octanol–water partition coefficient (Wildman–Crippen LogP) is 3.23. The molecule has 1 unspecified atom stereocenters. The maximum Gasteiger partial charge on any atom is 0.0643 e. The maximum absolute atomic E-state index is 5.54. The predicted molar refractivity (Wildman–Crippen MR) is 68.4 cm³/mol. The summed E-state index contributed by atoms with van der Waals surface area (Å²) in [5, 5.41) is 0. The van der Waals surface area contributed by atoms with E-state index in [1.54, 1.807) is 0 Å². The smallest absolute Gasteiger partial charge is 0.0643 e. The van der Waals surface area contributed by atoms with Gasteiger partial charge in [0.15, 0.2) is 0 Å². The average Bonchev–Trinajstić information content (AvgIpc) is 2.12. The second-order valence-electron chi connectivity index (χ2n) is 3.95. The van der Waals surface area contributed by atoms with Crippen LogP contribution in [0.1, 0.15) is 31.0 Å². The molecule has 82 valence electrons. The number of halogens is 1. The van der Waals surface area contributed by atoms with E-state index in [4.69, 9.17) is 5.84 Å². The van der Waals surface area contributed by atoms with Gasteiger partial charge in [0.05, 0.1) is 6.04 Å². The van der Waals surface area contributed by atoms with Gasteiger partial charge in [-0.2, -0.15) is 0 Å². The van der Waals surface area contributed by atoms with Crippen molar-refractivity contribution in [3.05, 3.63) is 45.4 Å². The first-order valence-corrected chi connectivity index (χ1v) is 5.70. The van der Waals surface area contributed by atoms with Gasteiger partial charge in [-0.25, -0.2) is 5.43 Å². The van der Waals surface area contributed by atoms with E-state index in [-0.39, 0.29) is 6.04 Å². The molecule has 0 heterocycles. The number of benzene rings is 1. The van der Waals surface area contributed by atoms with Crippen molar-refractivity contribution in [1.29, 1.82) is 0 Å². The minimum Gasteiger partial charge on any atom is -0.271 e. The zero-order chi connectivity index (χ0) is 11.4. The lowest BCUT2D eigenvalue weighted by Crippen LogP contribution is -2.26. The molecule has 0 aromatic heterocycles. The Hall–Kier alpha value is -0.640. The summed E-state index contributed by atoms with van der Waals surface area (Å²) in [6.07, 6.45) is 2.11. The van der Waals surface area contributed by atoms with Crippen LogP contribution in [0.2, 0.25) is 0 Å². The van der Waals surface area contributed by atoms with Crippen LogP contribution < -0.4 is 11.3 Å². The molecule has 0 radical (unpaired) electrons. The summed E-state index contributed by atoms with van der Waals surface area (Å²) in [5.74, 6) is 5.54. The van der Waals surface area contributed by atoms with E-state index in [1.165, 1.54) is 16.7 Å². The highest BCUT2D eigenvalue weighted by Crippen LogP contribution is 2.21. The van der Waals surface area contributed by atoms with Crippen molar-refractivity contribution in [3.8, 4) is 0 Å². The van der Waals surface area contributed by atoms with Crippen LogP contribution in [-0.4, -0.2) is 0 Å². The molecule has 1 atom stereocenters. The first-order chi connectivity index (χ1) is 7.02. The van der Waals surface area contributed by atoms with Gasteiger partial charge in [0.25, 0.3) is 0 Å². The molecule has 3 heteroatoms. The standard InChI is InChI=1S/C12H17BrN2/c1-8(2)4-12(15-14)10-5-9(3)6-11(13)7-10/h4-7,12,15H,14H2,1-3H3. The summed E-state index contributed by atoms with van der Waals surface area (Å²) in [4.78, 5) is 0. The van der Waals surface area contributed by atoms with Crippen molar-refractivity contribution in [2.24, 2.45) is 5.84 Å². The van der Waals surface area contributed by atoms with E-state index in [0.717, 1.165) is 4.47 Å².